The summed E-state index contributed by atoms with van der Waals surface area (Å²) >= 11 is 1.12. The van der Waals surface area contributed by atoms with E-state index >= 15 is 0 Å². The van der Waals surface area contributed by atoms with Crippen LogP contribution in [0.3, 0.4) is 0 Å². The van der Waals surface area contributed by atoms with Crippen molar-refractivity contribution in [2.75, 3.05) is 0 Å². The Morgan fingerprint density at radius 1 is 1.32 bits per heavy atom. The van der Waals surface area contributed by atoms with Gasteiger partial charge in [-0.15, -0.1) is 0 Å². The SMILES string of the molecule is CCC(C)NC(=O)Cn1cnc2c(-c3ccc(C)cc3)nsc2c1=O. The lowest BCUT2D eigenvalue weighted by Gasteiger charge is -2.12. The molecule has 0 aliphatic carbocycles. The molecule has 1 atom stereocenters. The van der Waals surface area contributed by atoms with Crippen LogP contribution < -0.4 is 10.9 Å². The number of hydrogen-bond acceptors (Lipinski definition) is 5. The average molecular weight is 356 g/mol. The van der Waals surface area contributed by atoms with Crippen LogP contribution in [0.15, 0.2) is 35.4 Å². The van der Waals surface area contributed by atoms with Gasteiger partial charge in [0.25, 0.3) is 5.56 Å². The van der Waals surface area contributed by atoms with E-state index in [1.807, 2.05) is 45.0 Å². The summed E-state index contributed by atoms with van der Waals surface area (Å²) in [5, 5.41) is 2.85. The molecule has 0 saturated carbocycles. The first-order valence-corrected chi connectivity index (χ1v) is 8.98. The van der Waals surface area contributed by atoms with Crippen molar-refractivity contribution >= 4 is 27.7 Å². The zero-order valence-electron chi connectivity index (χ0n) is 14.4. The van der Waals surface area contributed by atoms with Crippen LogP contribution in [0.4, 0.5) is 0 Å². The number of aromatic nitrogens is 3. The number of carbonyl (C=O) groups excluding carboxylic acids is 1. The van der Waals surface area contributed by atoms with Crippen LogP contribution in [0, 0.1) is 6.92 Å². The van der Waals surface area contributed by atoms with Gasteiger partial charge in [0.1, 0.15) is 22.5 Å². The zero-order valence-corrected chi connectivity index (χ0v) is 15.3. The van der Waals surface area contributed by atoms with E-state index in [-0.39, 0.29) is 24.1 Å². The number of amides is 1. The first kappa shape index (κ1) is 17.3. The van der Waals surface area contributed by atoms with E-state index in [0.29, 0.717) is 15.9 Å². The first-order valence-electron chi connectivity index (χ1n) is 8.20. The zero-order chi connectivity index (χ0) is 18.0. The predicted molar refractivity (Wildman–Crippen MR) is 99.7 cm³/mol. The third-order valence-corrected chi connectivity index (χ3v) is 4.93. The van der Waals surface area contributed by atoms with Crippen molar-refractivity contribution in [3.63, 3.8) is 0 Å². The van der Waals surface area contributed by atoms with Crippen LogP contribution in [0.5, 0.6) is 0 Å². The fourth-order valence-corrected chi connectivity index (χ4v) is 3.25. The Labute approximate surface area is 149 Å². The molecule has 3 aromatic rings. The molecule has 0 spiro atoms. The minimum absolute atomic E-state index is 0.0378. The summed E-state index contributed by atoms with van der Waals surface area (Å²) in [5.74, 6) is -0.194. The maximum Gasteiger partial charge on any atom is 0.273 e. The largest absolute Gasteiger partial charge is 0.352 e. The second kappa shape index (κ2) is 7.14. The molecule has 0 aliphatic heterocycles. The van der Waals surface area contributed by atoms with Crippen molar-refractivity contribution in [1.29, 1.82) is 0 Å². The molecular weight excluding hydrogens is 336 g/mol. The Balaban J connectivity index is 1.93. The summed E-state index contributed by atoms with van der Waals surface area (Å²) in [7, 11) is 0. The van der Waals surface area contributed by atoms with Gasteiger partial charge in [-0.2, -0.15) is 4.37 Å². The monoisotopic (exact) mass is 356 g/mol. The maximum atomic E-state index is 12.6. The molecule has 130 valence electrons. The normalized spacial score (nSPS) is 12.3. The molecule has 0 saturated heterocycles. The number of carbonyl (C=O) groups is 1. The van der Waals surface area contributed by atoms with Crippen molar-refractivity contribution in [3.8, 4) is 11.3 Å². The molecule has 6 nitrogen and oxygen atoms in total. The third kappa shape index (κ3) is 3.61. The molecule has 0 aliphatic rings. The van der Waals surface area contributed by atoms with Crippen LogP contribution in [-0.2, 0) is 11.3 Å². The lowest BCUT2D eigenvalue weighted by atomic mass is 10.1. The van der Waals surface area contributed by atoms with Gasteiger partial charge < -0.3 is 5.32 Å². The van der Waals surface area contributed by atoms with Crippen LogP contribution >= 0.6 is 11.5 Å². The van der Waals surface area contributed by atoms with Gasteiger partial charge in [0.05, 0.1) is 6.33 Å². The minimum Gasteiger partial charge on any atom is -0.352 e. The first-order chi connectivity index (χ1) is 12.0. The summed E-state index contributed by atoms with van der Waals surface area (Å²) in [4.78, 5) is 29.0. The molecule has 0 fully saturated rings. The number of nitrogens with one attached hydrogen (secondary N) is 1. The van der Waals surface area contributed by atoms with E-state index in [2.05, 4.69) is 14.7 Å². The lowest BCUT2D eigenvalue weighted by molar-refractivity contribution is -0.122. The molecule has 1 amide bonds. The van der Waals surface area contributed by atoms with Crippen LogP contribution in [0.2, 0.25) is 0 Å². The van der Waals surface area contributed by atoms with Crippen molar-refractivity contribution in [2.45, 2.75) is 39.8 Å². The highest BCUT2D eigenvalue weighted by atomic mass is 32.1. The Morgan fingerprint density at radius 2 is 2.04 bits per heavy atom. The topological polar surface area (TPSA) is 76.9 Å². The number of hydrogen-bond donors (Lipinski definition) is 1. The van der Waals surface area contributed by atoms with Gasteiger partial charge >= 0.3 is 0 Å². The Hall–Kier alpha value is -2.54. The van der Waals surface area contributed by atoms with Gasteiger partial charge in [0.15, 0.2) is 0 Å². The highest BCUT2D eigenvalue weighted by molar-refractivity contribution is 7.13. The van der Waals surface area contributed by atoms with Crippen molar-refractivity contribution in [3.05, 3.63) is 46.5 Å². The fourth-order valence-electron chi connectivity index (χ4n) is 2.45. The van der Waals surface area contributed by atoms with Gasteiger partial charge in [0.2, 0.25) is 5.91 Å². The van der Waals surface area contributed by atoms with Gasteiger partial charge in [0, 0.05) is 11.6 Å². The number of aryl methyl sites for hydroxylation is 1. The van der Waals surface area contributed by atoms with E-state index in [4.69, 9.17) is 0 Å². The van der Waals surface area contributed by atoms with E-state index in [1.54, 1.807) is 0 Å². The molecule has 3 rings (SSSR count). The van der Waals surface area contributed by atoms with Crippen LogP contribution in [0.1, 0.15) is 25.8 Å². The molecule has 1 N–H and O–H groups in total. The lowest BCUT2D eigenvalue weighted by Crippen LogP contribution is -2.37. The van der Waals surface area contributed by atoms with E-state index in [0.717, 1.165) is 29.1 Å². The van der Waals surface area contributed by atoms with E-state index in [1.165, 1.54) is 10.9 Å². The van der Waals surface area contributed by atoms with Gasteiger partial charge in [-0.05, 0) is 31.8 Å². The molecule has 7 heteroatoms. The summed E-state index contributed by atoms with van der Waals surface area (Å²) < 4.78 is 6.20. The maximum absolute atomic E-state index is 12.6. The standard InChI is InChI=1S/C18H20N4O2S/c1-4-12(3)20-14(23)9-22-10-19-16-15(21-25-17(16)18(22)24)13-7-5-11(2)6-8-13/h5-8,10,12H,4,9H2,1-3H3,(H,20,23). The summed E-state index contributed by atoms with van der Waals surface area (Å²) in [5.41, 5.74) is 3.13. The Bertz CT molecular complexity index is 959. The van der Waals surface area contributed by atoms with E-state index < -0.39 is 0 Å². The van der Waals surface area contributed by atoms with Gasteiger partial charge in [-0.3, -0.25) is 14.2 Å². The average Bonchev–Trinajstić information content (AvgIpc) is 3.02. The van der Waals surface area contributed by atoms with E-state index in [9.17, 15) is 9.59 Å². The minimum atomic E-state index is -0.236. The Kier molecular flexibility index (Phi) is 4.94. The summed E-state index contributed by atoms with van der Waals surface area (Å²) in [6, 6.07) is 8.02. The quantitative estimate of drug-likeness (QED) is 0.762. The second-order valence-electron chi connectivity index (χ2n) is 6.13. The molecule has 0 radical (unpaired) electrons. The molecule has 2 heterocycles. The number of fused-ring (bicyclic) bond motifs is 1. The number of benzene rings is 1. The number of rotatable bonds is 5. The molecule has 0 bridgehead atoms. The van der Waals surface area contributed by atoms with Crippen molar-refractivity contribution in [2.24, 2.45) is 0 Å². The van der Waals surface area contributed by atoms with Crippen molar-refractivity contribution in [1.82, 2.24) is 19.2 Å². The Morgan fingerprint density at radius 3 is 2.72 bits per heavy atom. The molecule has 1 unspecified atom stereocenters. The smallest absolute Gasteiger partial charge is 0.273 e. The summed E-state index contributed by atoms with van der Waals surface area (Å²) in [6.07, 6.45) is 2.26. The highest BCUT2D eigenvalue weighted by Gasteiger charge is 2.15. The molecule has 25 heavy (non-hydrogen) atoms. The van der Waals surface area contributed by atoms with Crippen molar-refractivity contribution < 1.29 is 4.79 Å². The molecule has 2 aromatic heterocycles. The third-order valence-electron chi connectivity index (χ3n) is 4.11. The second-order valence-corrected chi connectivity index (χ2v) is 6.90. The highest BCUT2D eigenvalue weighted by Crippen LogP contribution is 2.27. The molecule has 1 aromatic carbocycles. The van der Waals surface area contributed by atoms with Crippen LogP contribution in [0.25, 0.3) is 21.5 Å². The van der Waals surface area contributed by atoms with Crippen LogP contribution in [-0.4, -0.2) is 25.9 Å². The fraction of sp³-hybridized carbons (Fsp3) is 0.333. The predicted octanol–water partition coefficient (Wildman–Crippen LogP) is 2.74. The molecular formula is C18H20N4O2S. The van der Waals surface area contributed by atoms with Gasteiger partial charge in [-0.25, -0.2) is 4.98 Å². The number of nitrogens with zero attached hydrogens (tertiary/aromatic N) is 3. The summed E-state index contributed by atoms with van der Waals surface area (Å²) in [6.45, 7) is 5.90. The van der Waals surface area contributed by atoms with Gasteiger partial charge in [-0.1, -0.05) is 36.8 Å².